The third-order valence-electron chi connectivity index (χ3n) is 2.31. The zero-order valence-corrected chi connectivity index (χ0v) is 11.4. The van der Waals surface area contributed by atoms with Crippen LogP contribution in [0.5, 0.6) is 0 Å². The van der Waals surface area contributed by atoms with Crippen LogP contribution in [0.3, 0.4) is 0 Å². The number of hydrogen-bond acceptors (Lipinski definition) is 3. The van der Waals surface area contributed by atoms with Gasteiger partial charge in [-0.1, -0.05) is 5.92 Å². The van der Waals surface area contributed by atoms with Crippen molar-refractivity contribution in [3.05, 3.63) is 29.3 Å². The molecule has 0 radical (unpaired) electrons. The van der Waals surface area contributed by atoms with Crippen molar-refractivity contribution >= 4 is 16.0 Å². The van der Waals surface area contributed by atoms with E-state index in [1.807, 2.05) is 4.72 Å². The van der Waals surface area contributed by atoms with Gasteiger partial charge in [-0.15, -0.1) is 6.42 Å². The normalized spacial score (nSPS) is 11.9. The maximum Gasteiger partial charge on any atom is 0.341 e. The fourth-order valence-electron chi connectivity index (χ4n) is 1.36. The lowest BCUT2D eigenvalue weighted by Gasteiger charge is -2.20. The van der Waals surface area contributed by atoms with Gasteiger partial charge in [-0.2, -0.15) is 4.72 Å². The molecule has 1 aromatic rings. The van der Waals surface area contributed by atoms with Gasteiger partial charge in [0.25, 0.3) is 0 Å². The highest BCUT2D eigenvalue weighted by molar-refractivity contribution is 7.89. The van der Waals surface area contributed by atoms with Gasteiger partial charge in [-0.3, -0.25) is 0 Å². The number of aromatic carboxylic acids is 1. The van der Waals surface area contributed by atoms with Crippen molar-refractivity contribution in [2.75, 3.05) is 0 Å². The standard InChI is InChI=1S/C12H11F2NO4S/c1-4-12(2,3)15-20(18,19)8-6-5-7(13)9(10(8)14)11(16)17/h1,5-6,15H,2-3H3,(H,16,17). The Bertz CT molecular complexity index is 705. The summed E-state index contributed by atoms with van der Waals surface area (Å²) < 4.78 is 53.0. The van der Waals surface area contributed by atoms with Crippen molar-refractivity contribution in [1.29, 1.82) is 0 Å². The average molecular weight is 303 g/mol. The van der Waals surface area contributed by atoms with Crippen molar-refractivity contribution in [3.8, 4) is 12.3 Å². The Morgan fingerprint density at radius 3 is 2.40 bits per heavy atom. The minimum Gasteiger partial charge on any atom is -0.477 e. The third kappa shape index (κ3) is 3.12. The largest absolute Gasteiger partial charge is 0.477 e. The summed E-state index contributed by atoms with van der Waals surface area (Å²) in [7, 11) is -4.43. The van der Waals surface area contributed by atoms with Crippen LogP contribution in [0.25, 0.3) is 0 Å². The van der Waals surface area contributed by atoms with Crippen molar-refractivity contribution in [2.45, 2.75) is 24.3 Å². The van der Waals surface area contributed by atoms with E-state index in [-0.39, 0.29) is 0 Å². The van der Waals surface area contributed by atoms with Crippen molar-refractivity contribution < 1.29 is 27.1 Å². The van der Waals surface area contributed by atoms with E-state index in [9.17, 15) is 22.0 Å². The van der Waals surface area contributed by atoms with E-state index in [1.54, 1.807) is 0 Å². The second kappa shape index (κ2) is 5.19. The van der Waals surface area contributed by atoms with E-state index < -0.39 is 43.6 Å². The van der Waals surface area contributed by atoms with Crippen molar-refractivity contribution in [1.82, 2.24) is 4.72 Å². The Labute approximate surface area is 114 Å². The van der Waals surface area contributed by atoms with Gasteiger partial charge in [-0.25, -0.2) is 22.0 Å². The molecule has 0 aliphatic carbocycles. The van der Waals surface area contributed by atoms with E-state index in [4.69, 9.17) is 11.5 Å². The predicted octanol–water partition coefficient (Wildman–Crippen LogP) is 1.35. The van der Waals surface area contributed by atoms with E-state index in [2.05, 4.69) is 5.92 Å². The van der Waals surface area contributed by atoms with Crippen LogP contribution in [0, 0.1) is 24.0 Å². The Kier molecular flexibility index (Phi) is 4.17. The summed E-state index contributed by atoms with van der Waals surface area (Å²) in [5.41, 5.74) is -2.66. The second-order valence-electron chi connectivity index (χ2n) is 4.41. The fraction of sp³-hybridized carbons (Fsp3) is 0.250. The topological polar surface area (TPSA) is 83.5 Å². The van der Waals surface area contributed by atoms with E-state index in [1.165, 1.54) is 13.8 Å². The summed E-state index contributed by atoms with van der Waals surface area (Å²) in [6.07, 6.45) is 5.11. The molecule has 0 saturated heterocycles. The average Bonchev–Trinajstić information content (AvgIpc) is 2.26. The van der Waals surface area contributed by atoms with Crippen LogP contribution in [-0.4, -0.2) is 25.0 Å². The first kappa shape index (κ1) is 16.1. The van der Waals surface area contributed by atoms with Gasteiger partial charge in [0.05, 0.1) is 5.54 Å². The molecule has 1 aromatic carbocycles. The highest BCUT2D eigenvalue weighted by Gasteiger charge is 2.30. The van der Waals surface area contributed by atoms with Gasteiger partial charge in [0.1, 0.15) is 16.3 Å². The van der Waals surface area contributed by atoms with Crippen LogP contribution >= 0.6 is 0 Å². The van der Waals surface area contributed by atoms with Gasteiger partial charge < -0.3 is 5.11 Å². The van der Waals surface area contributed by atoms with Gasteiger partial charge in [0.2, 0.25) is 10.0 Å². The number of carboxylic acids is 1. The molecule has 0 atom stereocenters. The number of halogens is 2. The first-order valence-electron chi connectivity index (χ1n) is 5.25. The molecular formula is C12H11F2NO4S. The van der Waals surface area contributed by atoms with Crippen LogP contribution in [0.4, 0.5) is 8.78 Å². The number of rotatable bonds is 4. The molecule has 8 heteroatoms. The van der Waals surface area contributed by atoms with Crippen LogP contribution in [0.2, 0.25) is 0 Å². The summed E-state index contributed by atoms with van der Waals surface area (Å²) in [5, 5.41) is 8.69. The molecule has 0 bridgehead atoms. The summed E-state index contributed by atoms with van der Waals surface area (Å²) in [6.45, 7) is 2.70. The molecule has 0 spiro atoms. The molecule has 0 heterocycles. The van der Waals surface area contributed by atoms with Gasteiger partial charge >= 0.3 is 5.97 Å². The quantitative estimate of drug-likeness (QED) is 0.823. The van der Waals surface area contributed by atoms with Crippen LogP contribution in [0.1, 0.15) is 24.2 Å². The predicted molar refractivity (Wildman–Crippen MR) is 66.6 cm³/mol. The Balaban J connectivity index is 3.46. The monoisotopic (exact) mass is 303 g/mol. The molecule has 0 fully saturated rings. The minimum atomic E-state index is -4.43. The third-order valence-corrected chi connectivity index (χ3v) is 3.98. The molecule has 5 nitrogen and oxygen atoms in total. The van der Waals surface area contributed by atoms with Gasteiger partial charge in [0.15, 0.2) is 5.82 Å². The first-order valence-corrected chi connectivity index (χ1v) is 6.73. The number of benzene rings is 1. The molecule has 0 saturated carbocycles. The molecule has 0 aliphatic heterocycles. The summed E-state index contributed by atoms with van der Waals surface area (Å²) >= 11 is 0. The lowest BCUT2D eigenvalue weighted by molar-refractivity contribution is 0.0685. The zero-order valence-electron chi connectivity index (χ0n) is 10.6. The van der Waals surface area contributed by atoms with Crippen molar-refractivity contribution in [3.63, 3.8) is 0 Å². The van der Waals surface area contributed by atoms with Crippen LogP contribution < -0.4 is 4.72 Å². The summed E-state index contributed by atoms with van der Waals surface area (Å²) in [4.78, 5) is 9.75. The van der Waals surface area contributed by atoms with Gasteiger partial charge in [-0.05, 0) is 26.0 Å². The summed E-state index contributed by atoms with van der Waals surface area (Å²) in [5.74, 6) is -2.83. The molecular weight excluding hydrogens is 292 g/mol. The maximum absolute atomic E-state index is 13.9. The van der Waals surface area contributed by atoms with E-state index >= 15 is 0 Å². The first-order chi connectivity index (χ1) is 9.02. The Morgan fingerprint density at radius 2 is 1.95 bits per heavy atom. The lowest BCUT2D eigenvalue weighted by atomic mass is 10.1. The smallest absolute Gasteiger partial charge is 0.341 e. The van der Waals surface area contributed by atoms with Crippen LogP contribution in [0.15, 0.2) is 17.0 Å². The molecule has 0 aliphatic rings. The minimum absolute atomic E-state index is 0.559. The summed E-state index contributed by atoms with van der Waals surface area (Å²) in [6, 6.07) is 1.19. The lowest BCUT2D eigenvalue weighted by Crippen LogP contribution is -2.42. The van der Waals surface area contributed by atoms with Crippen molar-refractivity contribution in [2.24, 2.45) is 0 Å². The number of hydrogen-bond donors (Lipinski definition) is 2. The number of carbonyl (C=O) groups is 1. The van der Waals surface area contributed by atoms with Gasteiger partial charge in [0, 0.05) is 0 Å². The molecule has 0 amide bonds. The fourth-order valence-corrected chi connectivity index (χ4v) is 2.78. The number of carboxylic acid groups (broad SMARTS) is 1. The number of terminal acetylenes is 1. The highest BCUT2D eigenvalue weighted by atomic mass is 32.2. The maximum atomic E-state index is 13.9. The SMILES string of the molecule is C#CC(C)(C)NS(=O)(=O)c1ccc(F)c(C(=O)O)c1F. The molecule has 20 heavy (non-hydrogen) atoms. The second-order valence-corrected chi connectivity index (χ2v) is 6.07. The molecule has 0 unspecified atom stereocenters. The highest BCUT2D eigenvalue weighted by Crippen LogP contribution is 2.22. The number of nitrogens with one attached hydrogen (secondary N) is 1. The molecule has 108 valence electrons. The Morgan fingerprint density at radius 1 is 1.40 bits per heavy atom. The molecule has 1 rings (SSSR count). The Hall–Kier alpha value is -1.98. The van der Waals surface area contributed by atoms with Crippen LogP contribution in [-0.2, 0) is 10.0 Å². The van der Waals surface area contributed by atoms with E-state index in [0.717, 1.165) is 0 Å². The van der Waals surface area contributed by atoms with E-state index in [0.29, 0.717) is 12.1 Å². The molecule has 0 aromatic heterocycles. The zero-order chi connectivity index (χ0) is 15.7. The number of sulfonamides is 1. The molecule has 2 N–H and O–H groups in total.